The van der Waals surface area contributed by atoms with E-state index < -0.39 is 6.04 Å². The summed E-state index contributed by atoms with van der Waals surface area (Å²) in [5.74, 6) is 0.218. The maximum Gasteiger partial charge on any atom is 0.245 e. The molecule has 0 saturated carbocycles. The summed E-state index contributed by atoms with van der Waals surface area (Å²) in [7, 11) is 0. The molecule has 0 aromatic heterocycles. The first kappa shape index (κ1) is 15.6. The van der Waals surface area contributed by atoms with Crippen LogP contribution >= 0.6 is 11.6 Å². The molecule has 5 nitrogen and oxygen atoms in total. The fraction of sp³-hybridized carbons (Fsp3) is 0.467. The van der Waals surface area contributed by atoms with Gasteiger partial charge in [0, 0.05) is 24.3 Å². The molecular formula is C15H19ClN4O. The van der Waals surface area contributed by atoms with E-state index in [0.29, 0.717) is 29.6 Å². The van der Waals surface area contributed by atoms with Crippen LogP contribution in [0, 0.1) is 17.2 Å². The number of nitrogens with one attached hydrogen (secondary N) is 1. The number of carbonyl (C=O) groups is 1. The van der Waals surface area contributed by atoms with Crippen molar-refractivity contribution >= 4 is 28.9 Å². The lowest BCUT2D eigenvalue weighted by Crippen LogP contribution is -2.28. The van der Waals surface area contributed by atoms with Gasteiger partial charge in [-0.1, -0.05) is 25.4 Å². The molecule has 112 valence electrons. The number of anilines is 2. The molecule has 0 fully saturated rings. The highest BCUT2D eigenvalue weighted by molar-refractivity contribution is 6.33. The molecule has 1 aliphatic rings. The number of amides is 1. The van der Waals surface area contributed by atoms with Crippen molar-refractivity contribution in [2.75, 3.05) is 23.3 Å². The maximum atomic E-state index is 11.6. The molecule has 0 radical (unpaired) electrons. The van der Waals surface area contributed by atoms with Crippen molar-refractivity contribution in [1.29, 1.82) is 5.26 Å². The van der Waals surface area contributed by atoms with Crippen LogP contribution in [0.15, 0.2) is 12.1 Å². The van der Waals surface area contributed by atoms with Gasteiger partial charge in [0.25, 0.3) is 0 Å². The van der Waals surface area contributed by atoms with Crippen LogP contribution < -0.4 is 16.0 Å². The van der Waals surface area contributed by atoms with Gasteiger partial charge in [0.2, 0.25) is 5.91 Å². The van der Waals surface area contributed by atoms with Crippen LogP contribution in [-0.2, 0) is 4.79 Å². The molecule has 1 aromatic carbocycles. The lowest BCUT2D eigenvalue weighted by Gasteiger charge is -2.27. The number of halogens is 1. The van der Waals surface area contributed by atoms with Gasteiger partial charge in [-0.2, -0.15) is 5.26 Å². The van der Waals surface area contributed by atoms with E-state index in [-0.39, 0.29) is 5.91 Å². The van der Waals surface area contributed by atoms with Gasteiger partial charge in [-0.05, 0) is 18.1 Å². The number of nitrogens with two attached hydrogens (primary N) is 1. The van der Waals surface area contributed by atoms with Crippen LogP contribution in [0.5, 0.6) is 0 Å². The second-order valence-electron chi connectivity index (χ2n) is 5.61. The van der Waals surface area contributed by atoms with Gasteiger partial charge in [-0.15, -0.1) is 0 Å². The zero-order chi connectivity index (χ0) is 15.6. The number of hydrogen-bond acceptors (Lipinski definition) is 4. The Labute approximate surface area is 129 Å². The van der Waals surface area contributed by atoms with Crippen molar-refractivity contribution in [1.82, 2.24) is 0 Å². The van der Waals surface area contributed by atoms with E-state index in [1.807, 2.05) is 6.07 Å². The van der Waals surface area contributed by atoms with Gasteiger partial charge in [0.15, 0.2) is 0 Å². The zero-order valence-corrected chi connectivity index (χ0v) is 12.9. The molecule has 1 heterocycles. The van der Waals surface area contributed by atoms with E-state index in [0.717, 1.165) is 17.8 Å². The Morgan fingerprint density at radius 2 is 2.24 bits per heavy atom. The predicted molar refractivity (Wildman–Crippen MR) is 84.3 cm³/mol. The van der Waals surface area contributed by atoms with Crippen LogP contribution in [-0.4, -0.2) is 19.0 Å². The minimum Gasteiger partial charge on any atom is -0.369 e. The number of fused-ring (bicyclic) bond motifs is 1. The minimum atomic E-state index is -0.663. The summed E-state index contributed by atoms with van der Waals surface area (Å²) in [5.41, 5.74) is 8.07. The molecular weight excluding hydrogens is 288 g/mol. The SMILES string of the molecule is CC(C)CN(CCC#N)c1cc2c(cc1Cl)C(N)C(=O)N2. The van der Waals surface area contributed by atoms with E-state index in [9.17, 15) is 4.79 Å². The topological polar surface area (TPSA) is 82.2 Å². The largest absolute Gasteiger partial charge is 0.369 e. The van der Waals surface area contributed by atoms with Gasteiger partial charge >= 0.3 is 0 Å². The summed E-state index contributed by atoms with van der Waals surface area (Å²) in [5, 5.41) is 12.1. The van der Waals surface area contributed by atoms with E-state index in [1.165, 1.54) is 0 Å². The second kappa shape index (κ2) is 6.33. The Morgan fingerprint density at radius 1 is 1.52 bits per heavy atom. The number of nitriles is 1. The Kier molecular flexibility index (Phi) is 4.71. The first-order valence-electron chi connectivity index (χ1n) is 6.95. The third kappa shape index (κ3) is 3.29. The van der Waals surface area contributed by atoms with Crippen LogP contribution in [0.1, 0.15) is 31.9 Å². The Bertz CT molecular complexity index is 594. The molecule has 2 rings (SSSR count). The molecule has 0 saturated heterocycles. The highest BCUT2D eigenvalue weighted by Crippen LogP contribution is 2.38. The molecule has 6 heteroatoms. The third-order valence-electron chi connectivity index (χ3n) is 3.41. The molecule has 0 bridgehead atoms. The highest BCUT2D eigenvalue weighted by atomic mass is 35.5. The predicted octanol–water partition coefficient (Wildman–Crippen LogP) is 2.67. The van der Waals surface area contributed by atoms with Gasteiger partial charge in [0.05, 0.1) is 23.2 Å². The quantitative estimate of drug-likeness (QED) is 0.876. The number of rotatable bonds is 5. The molecule has 1 amide bonds. The molecule has 0 aliphatic carbocycles. The van der Waals surface area contributed by atoms with E-state index in [2.05, 4.69) is 30.1 Å². The molecule has 1 atom stereocenters. The van der Waals surface area contributed by atoms with Gasteiger partial charge < -0.3 is 16.0 Å². The number of benzene rings is 1. The fourth-order valence-corrected chi connectivity index (χ4v) is 2.76. The van der Waals surface area contributed by atoms with Crippen molar-refractivity contribution in [3.8, 4) is 6.07 Å². The Morgan fingerprint density at radius 3 is 2.86 bits per heavy atom. The third-order valence-corrected chi connectivity index (χ3v) is 3.72. The summed E-state index contributed by atoms with van der Waals surface area (Å²) in [6.45, 7) is 5.62. The summed E-state index contributed by atoms with van der Waals surface area (Å²) in [6, 6.07) is 5.08. The number of hydrogen-bond donors (Lipinski definition) is 2. The van der Waals surface area contributed by atoms with Gasteiger partial charge in [-0.3, -0.25) is 4.79 Å². The molecule has 1 aromatic rings. The van der Waals surface area contributed by atoms with E-state index in [4.69, 9.17) is 22.6 Å². The first-order chi connectivity index (χ1) is 9.93. The van der Waals surface area contributed by atoms with Gasteiger partial charge in [-0.25, -0.2) is 0 Å². The Balaban J connectivity index is 2.36. The standard InChI is InChI=1S/C15H19ClN4O/c1-9(2)8-20(5-3-4-17)13-7-12-10(6-11(13)16)14(18)15(21)19-12/h6-7,9,14H,3,5,8,18H2,1-2H3,(H,19,21). The van der Waals surface area contributed by atoms with Crippen LogP contribution in [0.25, 0.3) is 0 Å². The fourth-order valence-electron chi connectivity index (χ4n) is 2.47. The van der Waals surface area contributed by atoms with Crippen LogP contribution in [0.4, 0.5) is 11.4 Å². The number of nitrogens with zero attached hydrogens (tertiary/aromatic N) is 2. The Hall–Kier alpha value is -1.77. The minimum absolute atomic E-state index is 0.217. The first-order valence-corrected chi connectivity index (χ1v) is 7.33. The normalized spacial score (nSPS) is 16.6. The van der Waals surface area contributed by atoms with Crippen molar-refractivity contribution < 1.29 is 4.79 Å². The van der Waals surface area contributed by atoms with Crippen LogP contribution in [0.2, 0.25) is 5.02 Å². The van der Waals surface area contributed by atoms with E-state index >= 15 is 0 Å². The average molecular weight is 307 g/mol. The van der Waals surface area contributed by atoms with Crippen molar-refractivity contribution in [3.63, 3.8) is 0 Å². The maximum absolute atomic E-state index is 11.6. The zero-order valence-electron chi connectivity index (χ0n) is 12.2. The smallest absolute Gasteiger partial charge is 0.245 e. The monoisotopic (exact) mass is 306 g/mol. The molecule has 1 aliphatic heterocycles. The van der Waals surface area contributed by atoms with E-state index in [1.54, 1.807) is 6.07 Å². The summed E-state index contributed by atoms with van der Waals surface area (Å²) in [4.78, 5) is 13.7. The summed E-state index contributed by atoms with van der Waals surface area (Å²) >= 11 is 6.36. The molecule has 0 spiro atoms. The highest BCUT2D eigenvalue weighted by Gasteiger charge is 2.29. The lowest BCUT2D eigenvalue weighted by atomic mass is 10.1. The molecule has 1 unspecified atom stereocenters. The second-order valence-corrected chi connectivity index (χ2v) is 6.01. The molecule has 21 heavy (non-hydrogen) atoms. The van der Waals surface area contributed by atoms with Crippen molar-refractivity contribution in [3.05, 3.63) is 22.7 Å². The lowest BCUT2D eigenvalue weighted by molar-refractivity contribution is -0.116. The van der Waals surface area contributed by atoms with Crippen molar-refractivity contribution in [2.45, 2.75) is 26.3 Å². The van der Waals surface area contributed by atoms with Crippen LogP contribution in [0.3, 0.4) is 0 Å². The summed E-state index contributed by atoms with van der Waals surface area (Å²) in [6.07, 6.45) is 0.423. The molecule has 3 N–H and O–H groups in total. The number of carbonyl (C=O) groups excluding carboxylic acids is 1. The van der Waals surface area contributed by atoms with Gasteiger partial charge in [0.1, 0.15) is 6.04 Å². The average Bonchev–Trinajstić information content (AvgIpc) is 2.69. The van der Waals surface area contributed by atoms with Crippen molar-refractivity contribution in [2.24, 2.45) is 11.7 Å². The summed E-state index contributed by atoms with van der Waals surface area (Å²) < 4.78 is 0.